The Balaban J connectivity index is 2.12. The maximum absolute atomic E-state index is 13.5. The number of rotatable bonds is 6. The third kappa shape index (κ3) is 3.25. The molecule has 0 aliphatic heterocycles. The summed E-state index contributed by atoms with van der Waals surface area (Å²) in [5.74, 6) is -0.383. The number of hydrogen-bond donors (Lipinski definition) is 2. The summed E-state index contributed by atoms with van der Waals surface area (Å²) in [5, 5.41) is 9.04. The van der Waals surface area contributed by atoms with Gasteiger partial charge in [0.15, 0.2) is 0 Å². The van der Waals surface area contributed by atoms with Crippen LogP contribution in [0.5, 0.6) is 0 Å². The van der Waals surface area contributed by atoms with E-state index in [1.165, 1.54) is 18.9 Å². The highest BCUT2D eigenvalue weighted by atomic mass is 32.1. The van der Waals surface area contributed by atoms with Gasteiger partial charge in [-0.15, -0.1) is 0 Å². The zero-order valence-corrected chi connectivity index (χ0v) is 10.9. The summed E-state index contributed by atoms with van der Waals surface area (Å²) in [5.41, 5.74) is 6.75. The predicted molar refractivity (Wildman–Crippen MR) is 72.8 cm³/mol. The summed E-state index contributed by atoms with van der Waals surface area (Å²) in [7, 11) is 0. The van der Waals surface area contributed by atoms with Crippen LogP contribution in [0.2, 0.25) is 0 Å². The third-order valence-corrected chi connectivity index (χ3v) is 3.35. The first-order chi connectivity index (χ1) is 8.61. The summed E-state index contributed by atoms with van der Waals surface area (Å²) in [4.78, 5) is 2.28. The van der Waals surface area contributed by atoms with Crippen LogP contribution < -0.4 is 5.73 Å². The van der Waals surface area contributed by atoms with E-state index in [4.69, 9.17) is 23.1 Å². The Kier molecular flexibility index (Phi) is 4.27. The van der Waals surface area contributed by atoms with Gasteiger partial charge in [-0.05, 0) is 30.5 Å². The van der Waals surface area contributed by atoms with Crippen LogP contribution in [0.1, 0.15) is 24.0 Å². The SMILES string of the molecule is NC(=S)c1cc(CN(CCO)C2CC2)ccc1F. The lowest BCUT2D eigenvalue weighted by atomic mass is 10.1. The van der Waals surface area contributed by atoms with E-state index in [2.05, 4.69) is 4.90 Å². The van der Waals surface area contributed by atoms with Crippen LogP contribution in [-0.4, -0.2) is 34.2 Å². The highest BCUT2D eigenvalue weighted by Crippen LogP contribution is 2.28. The zero-order valence-electron chi connectivity index (χ0n) is 10.1. The molecule has 98 valence electrons. The molecule has 0 saturated heterocycles. The number of hydrogen-bond acceptors (Lipinski definition) is 3. The van der Waals surface area contributed by atoms with Crippen molar-refractivity contribution in [3.8, 4) is 0 Å². The average molecular weight is 268 g/mol. The van der Waals surface area contributed by atoms with Crippen LogP contribution in [-0.2, 0) is 6.54 Å². The minimum absolute atomic E-state index is 0.0782. The van der Waals surface area contributed by atoms with Gasteiger partial charge in [0.2, 0.25) is 0 Å². The molecule has 5 heteroatoms. The molecule has 1 aliphatic rings. The van der Waals surface area contributed by atoms with E-state index in [0.717, 1.165) is 5.56 Å². The predicted octanol–water partition coefficient (Wildman–Crippen LogP) is 1.42. The van der Waals surface area contributed by atoms with Gasteiger partial charge in [-0.2, -0.15) is 0 Å². The zero-order chi connectivity index (χ0) is 13.1. The van der Waals surface area contributed by atoms with Gasteiger partial charge in [0, 0.05) is 24.7 Å². The molecule has 3 N–H and O–H groups in total. The Hall–Kier alpha value is -1.04. The Morgan fingerprint density at radius 1 is 1.50 bits per heavy atom. The van der Waals surface area contributed by atoms with Crippen molar-refractivity contribution in [2.24, 2.45) is 5.73 Å². The lowest BCUT2D eigenvalue weighted by Gasteiger charge is -2.21. The molecule has 2 rings (SSSR count). The third-order valence-electron chi connectivity index (χ3n) is 3.13. The van der Waals surface area contributed by atoms with E-state index in [1.54, 1.807) is 12.1 Å². The second kappa shape index (κ2) is 5.73. The fraction of sp³-hybridized carbons (Fsp3) is 0.462. The minimum Gasteiger partial charge on any atom is -0.395 e. The summed E-state index contributed by atoms with van der Waals surface area (Å²) in [6, 6.07) is 5.39. The maximum atomic E-state index is 13.5. The largest absolute Gasteiger partial charge is 0.395 e. The van der Waals surface area contributed by atoms with Crippen molar-refractivity contribution < 1.29 is 9.50 Å². The molecule has 18 heavy (non-hydrogen) atoms. The molecule has 0 spiro atoms. The minimum atomic E-state index is -0.383. The average Bonchev–Trinajstić information content (AvgIpc) is 3.14. The van der Waals surface area contributed by atoms with E-state index in [-0.39, 0.29) is 17.4 Å². The highest BCUT2D eigenvalue weighted by Gasteiger charge is 2.28. The van der Waals surface area contributed by atoms with Crippen LogP contribution in [0.25, 0.3) is 0 Å². The Labute approximate surface area is 111 Å². The van der Waals surface area contributed by atoms with Crippen molar-refractivity contribution in [1.29, 1.82) is 0 Å². The van der Waals surface area contributed by atoms with Crippen molar-refractivity contribution in [2.75, 3.05) is 13.2 Å². The first-order valence-corrected chi connectivity index (χ1v) is 6.45. The quantitative estimate of drug-likeness (QED) is 0.766. The standard InChI is InChI=1S/C13H17FN2OS/c14-12-4-1-9(7-11(12)13(15)18)8-16(5-6-17)10-2-3-10/h1,4,7,10,17H,2-3,5-6,8H2,(H2,15,18). The summed E-state index contributed by atoms with van der Waals surface area (Å²) < 4.78 is 13.5. The van der Waals surface area contributed by atoms with Gasteiger partial charge < -0.3 is 10.8 Å². The second-order valence-corrected chi connectivity index (χ2v) is 5.04. The normalized spacial score (nSPS) is 15.1. The molecule has 1 aliphatic carbocycles. The molecule has 1 aromatic carbocycles. The number of nitrogens with zero attached hydrogens (tertiary/aromatic N) is 1. The molecular formula is C13H17FN2OS. The Morgan fingerprint density at radius 3 is 2.78 bits per heavy atom. The van der Waals surface area contributed by atoms with Crippen LogP contribution in [0, 0.1) is 5.82 Å². The van der Waals surface area contributed by atoms with Crippen molar-refractivity contribution >= 4 is 17.2 Å². The van der Waals surface area contributed by atoms with E-state index in [1.807, 2.05) is 0 Å². The smallest absolute Gasteiger partial charge is 0.133 e. The van der Waals surface area contributed by atoms with Gasteiger partial charge in [0.1, 0.15) is 10.8 Å². The molecule has 0 heterocycles. The van der Waals surface area contributed by atoms with Gasteiger partial charge >= 0.3 is 0 Å². The molecule has 0 bridgehead atoms. The van der Waals surface area contributed by atoms with E-state index in [9.17, 15) is 4.39 Å². The van der Waals surface area contributed by atoms with Crippen LogP contribution in [0.3, 0.4) is 0 Å². The van der Waals surface area contributed by atoms with E-state index < -0.39 is 0 Å². The van der Waals surface area contributed by atoms with Gasteiger partial charge in [-0.25, -0.2) is 4.39 Å². The summed E-state index contributed by atoms with van der Waals surface area (Å²) in [6.45, 7) is 1.48. The van der Waals surface area contributed by atoms with Crippen molar-refractivity contribution in [2.45, 2.75) is 25.4 Å². The number of aliphatic hydroxyl groups excluding tert-OH is 1. The second-order valence-electron chi connectivity index (χ2n) is 4.60. The molecule has 1 aromatic rings. The van der Waals surface area contributed by atoms with Gasteiger partial charge in [0.05, 0.1) is 6.61 Å². The molecule has 0 unspecified atom stereocenters. The molecule has 0 radical (unpaired) electrons. The molecular weight excluding hydrogens is 251 g/mol. The number of thiocarbonyl (C=S) groups is 1. The number of aliphatic hydroxyl groups is 1. The lowest BCUT2D eigenvalue weighted by molar-refractivity contribution is 0.183. The van der Waals surface area contributed by atoms with Crippen molar-refractivity contribution in [1.82, 2.24) is 4.90 Å². The van der Waals surface area contributed by atoms with Crippen LogP contribution in [0.4, 0.5) is 4.39 Å². The molecule has 0 atom stereocenters. The van der Waals surface area contributed by atoms with Crippen LogP contribution in [0.15, 0.2) is 18.2 Å². The topological polar surface area (TPSA) is 49.5 Å². The highest BCUT2D eigenvalue weighted by molar-refractivity contribution is 7.80. The molecule has 0 amide bonds. The van der Waals surface area contributed by atoms with Gasteiger partial charge in [-0.1, -0.05) is 18.3 Å². The van der Waals surface area contributed by atoms with Crippen molar-refractivity contribution in [3.05, 3.63) is 35.1 Å². The number of nitrogens with two attached hydrogens (primary N) is 1. The molecule has 1 fully saturated rings. The molecule has 3 nitrogen and oxygen atoms in total. The first-order valence-electron chi connectivity index (χ1n) is 6.05. The number of benzene rings is 1. The van der Waals surface area contributed by atoms with Gasteiger partial charge in [0.25, 0.3) is 0 Å². The van der Waals surface area contributed by atoms with E-state index >= 15 is 0 Å². The molecule has 0 aromatic heterocycles. The Morgan fingerprint density at radius 2 is 2.22 bits per heavy atom. The molecule has 1 saturated carbocycles. The van der Waals surface area contributed by atoms with Crippen LogP contribution >= 0.6 is 12.2 Å². The number of halogens is 1. The lowest BCUT2D eigenvalue weighted by Crippen LogP contribution is -2.28. The Bertz CT molecular complexity index is 449. The van der Waals surface area contributed by atoms with E-state index in [0.29, 0.717) is 24.7 Å². The fourth-order valence-corrected chi connectivity index (χ4v) is 2.21. The fourth-order valence-electron chi connectivity index (χ4n) is 2.05. The maximum Gasteiger partial charge on any atom is 0.133 e. The first kappa shape index (κ1) is 13.4. The monoisotopic (exact) mass is 268 g/mol. The van der Waals surface area contributed by atoms with Gasteiger partial charge in [-0.3, -0.25) is 4.90 Å². The summed E-state index contributed by atoms with van der Waals surface area (Å²) >= 11 is 4.82. The van der Waals surface area contributed by atoms with Crippen molar-refractivity contribution in [3.63, 3.8) is 0 Å². The summed E-state index contributed by atoms with van der Waals surface area (Å²) in [6.07, 6.45) is 2.34.